The minimum Gasteiger partial charge on any atom is -0.478 e. The van der Waals surface area contributed by atoms with Gasteiger partial charge in [-0.15, -0.1) is 11.8 Å². The van der Waals surface area contributed by atoms with E-state index in [1.54, 1.807) is 0 Å². The number of carbonyl (C=O) groups is 1. The van der Waals surface area contributed by atoms with Gasteiger partial charge in [0.2, 0.25) is 0 Å². The van der Waals surface area contributed by atoms with E-state index in [0.29, 0.717) is 4.90 Å². The summed E-state index contributed by atoms with van der Waals surface area (Å²) in [5.41, 5.74) is -0.453. The topological polar surface area (TPSA) is 50.2 Å². The highest BCUT2D eigenvalue weighted by Crippen LogP contribution is 2.44. The molecular weight excluding hydrogens is 485 g/mol. The number of nitrogens with zero attached hydrogens (tertiary/aromatic N) is 1. The molecular formula is C23H15ClF5NO2S. The predicted molar refractivity (Wildman–Crippen MR) is 116 cm³/mol. The highest BCUT2D eigenvalue weighted by molar-refractivity contribution is 7.99. The Bertz CT molecular complexity index is 1210. The molecule has 33 heavy (non-hydrogen) atoms. The molecule has 1 N–H and O–H groups in total. The zero-order chi connectivity index (χ0) is 24.3. The number of hydrogen-bond acceptors (Lipinski definition) is 3. The summed E-state index contributed by atoms with van der Waals surface area (Å²) in [6, 6.07) is 8.52. The zero-order valence-electron chi connectivity index (χ0n) is 16.8. The van der Waals surface area contributed by atoms with Crippen molar-refractivity contribution < 1.29 is 31.9 Å². The van der Waals surface area contributed by atoms with Gasteiger partial charge < -0.3 is 5.11 Å². The molecule has 0 fully saturated rings. The molecule has 0 amide bonds. The van der Waals surface area contributed by atoms with E-state index in [9.17, 15) is 26.7 Å². The Morgan fingerprint density at radius 2 is 1.76 bits per heavy atom. The Labute approximate surface area is 194 Å². The van der Waals surface area contributed by atoms with Crippen LogP contribution in [0.15, 0.2) is 65.2 Å². The van der Waals surface area contributed by atoms with Crippen molar-refractivity contribution in [3.63, 3.8) is 0 Å². The number of carboxylic acids is 1. The molecule has 172 valence electrons. The average molecular weight is 500 g/mol. The maximum absolute atomic E-state index is 14.7. The minimum atomic E-state index is -4.52. The number of benzene rings is 2. The van der Waals surface area contributed by atoms with Crippen LogP contribution >= 0.6 is 23.4 Å². The highest BCUT2D eigenvalue weighted by atomic mass is 35.5. The Kier molecular flexibility index (Phi) is 7.44. The number of aliphatic carboxylic acids is 1. The first kappa shape index (κ1) is 24.7. The summed E-state index contributed by atoms with van der Waals surface area (Å²) in [5.74, 6) is -2.62. The van der Waals surface area contributed by atoms with Crippen molar-refractivity contribution in [3.8, 4) is 0 Å². The lowest BCUT2D eigenvalue weighted by Gasteiger charge is -2.20. The summed E-state index contributed by atoms with van der Waals surface area (Å²) in [6.07, 6.45) is -1.99. The third-order valence-electron chi connectivity index (χ3n) is 4.57. The van der Waals surface area contributed by atoms with Crippen LogP contribution in [-0.2, 0) is 11.0 Å². The third-order valence-corrected chi connectivity index (χ3v) is 6.17. The molecule has 2 aromatic carbocycles. The number of aromatic nitrogens is 1. The second-order valence-electron chi connectivity index (χ2n) is 6.95. The quantitative estimate of drug-likeness (QED) is 0.218. The molecule has 0 bridgehead atoms. The lowest BCUT2D eigenvalue weighted by Crippen LogP contribution is -2.05. The van der Waals surface area contributed by atoms with Crippen molar-refractivity contribution in [2.24, 2.45) is 0 Å². The number of carboxylic acid groups (broad SMARTS) is 1. The third kappa shape index (κ3) is 6.11. The van der Waals surface area contributed by atoms with E-state index in [1.165, 1.54) is 37.4 Å². The molecule has 0 saturated heterocycles. The lowest BCUT2D eigenvalue weighted by atomic mass is 10.0. The SMILES string of the molecule is CC(=Cc1cc(C(Sc2ccc(C(F)(F)F)cc2)c2cc(F)ccc2F)c(Cl)cn1)C(=O)O. The maximum Gasteiger partial charge on any atom is 0.416 e. The van der Waals surface area contributed by atoms with E-state index < -0.39 is 34.6 Å². The number of rotatable bonds is 6. The molecule has 0 aliphatic carbocycles. The Morgan fingerprint density at radius 3 is 2.36 bits per heavy atom. The van der Waals surface area contributed by atoms with Crippen LogP contribution < -0.4 is 0 Å². The van der Waals surface area contributed by atoms with Crippen LogP contribution in [0.25, 0.3) is 6.08 Å². The number of alkyl halides is 3. The summed E-state index contributed by atoms with van der Waals surface area (Å²) in [5, 5.41) is 8.22. The van der Waals surface area contributed by atoms with Crippen LogP contribution in [0.4, 0.5) is 22.0 Å². The molecule has 3 nitrogen and oxygen atoms in total. The summed E-state index contributed by atoms with van der Waals surface area (Å²) in [7, 11) is 0. The minimum absolute atomic E-state index is 0.0142. The van der Waals surface area contributed by atoms with Crippen LogP contribution in [0.2, 0.25) is 5.02 Å². The molecule has 3 aromatic rings. The normalized spacial score (nSPS) is 13.1. The van der Waals surface area contributed by atoms with Gasteiger partial charge in [-0.3, -0.25) is 4.98 Å². The van der Waals surface area contributed by atoms with Gasteiger partial charge in [-0.05, 0) is 67.1 Å². The molecule has 3 rings (SSSR count). The highest BCUT2D eigenvalue weighted by Gasteiger charge is 2.30. The molecule has 1 aromatic heterocycles. The first-order valence-electron chi connectivity index (χ1n) is 9.31. The van der Waals surface area contributed by atoms with Gasteiger partial charge in [0.1, 0.15) is 11.6 Å². The van der Waals surface area contributed by atoms with Crippen molar-refractivity contribution in [3.05, 3.63) is 99.3 Å². The molecule has 0 spiro atoms. The van der Waals surface area contributed by atoms with Crippen molar-refractivity contribution in [2.45, 2.75) is 23.2 Å². The summed E-state index contributed by atoms with van der Waals surface area (Å²) in [4.78, 5) is 15.5. The molecule has 10 heteroatoms. The number of halogens is 6. The maximum atomic E-state index is 14.7. The van der Waals surface area contributed by atoms with E-state index in [1.807, 2.05) is 0 Å². The fourth-order valence-corrected chi connectivity index (χ4v) is 4.38. The second-order valence-corrected chi connectivity index (χ2v) is 8.53. The zero-order valence-corrected chi connectivity index (χ0v) is 18.4. The van der Waals surface area contributed by atoms with Gasteiger partial charge in [0.15, 0.2) is 0 Å². The fraction of sp³-hybridized carbons (Fsp3) is 0.130. The monoisotopic (exact) mass is 499 g/mol. The van der Waals surface area contributed by atoms with Gasteiger partial charge in [0.05, 0.1) is 21.5 Å². The smallest absolute Gasteiger partial charge is 0.416 e. The Morgan fingerprint density at radius 1 is 1.09 bits per heavy atom. The van der Waals surface area contributed by atoms with Crippen molar-refractivity contribution in [2.75, 3.05) is 0 Å². The molecule has 0 saturated carbocycles. The summed E-state index contributed by atoms with van der Waals surface area (Å²) >= 11 is 7.27. The van der Waals surface area contributed by atoms with Gasteiger partial charge >= 0.3 is 12.1 Å². The van der Waals surface area contributed by atoms with Crippen LogP contribution in [0.3, 0.4) is 0 Å². The first-order chi connectivity index (χ1) is 15.5. The molecule has 1 unspecified atom stereocenters. The van der Waals surface area contributed by atoms with Crippen molar-refractivity contribution in [1.29, 1.82) is 0 Å². The molecule has 0 aliphatic rings. The predicted octanol–water partition coefficient (Wildman–Crippen LogP) is 7.40. The summed E-state index contributed by atoms with van der Waals surface area (Å²) in [6.45, 7) is 1.36. The molecule has 0 radical (unpaired) electrons. The van der Waals surface area contributed by atoms with E-state index in [2.05, 4.69) is 4.98 Å². The first-order valence-corrected chi connectivity index (χ1v) is 10.6. The Hall–Kier alpha value is -2.91. The number of hydrogen-bond donors (Lipinski definition) is 1. The van der Waals surface area contributed by atoms with Crippen LogP contribution in [0.1, 0.15) is 34.6 Å². The second kappa shape index (κ2) is 9.93. The average Bonchev–Trinajstić information content (AvgIpc) is 2.75. The number of thioether (sulfide) groups is 1. The van der Waals surface area contributed by atoms with Gasteiger partial charge in [-0.2, -0.15) is 13.2 Å². The largest absolute Gasteiger partial charge is 0.478 e. The van der Waals surface area contributed by atoms with Gasteiger partial charge in [-0.25, -0.2) is 13.6 Å². The molecule has 1 heterocycles. The van der Waals surface area contributed by atoms with E-state index in [-0.39, 0.29) is 27.4 Å². The van der Waals surface area contributed by atoms with Crippen LogP contribution in [0.5, 0.6) is 0 Å². The van der Waals surface area contributed by atoms with Crippen molar-refractivity contribution in [1.82, 2.24) is 4.98 Å². The Balaban J connectivity index is 2.11. The van der Waals surface area contributed by atoms with Crippen LogP contribution in [-0.4, -0.2) is 16.1 Å². The fourth-order valence-electron chi connectivity index (χ4n) is 2.90. The van der Waals surface area contributed by atoms with Gasteiger partial charge in [0.25, 0.3) is 0 Å². The van der Waals surface area contributed by atoms with Crippen molar-refractivity contribution >= 4 is 35.4 Å². The van der Waals surface area contributed by atoms with Crippen LogP contribution in [0, 0.1) is 11.6 Å². The van der Waals surface area contributed by atoms with Gasteiger partial charge in [0, 0.05) is 22.2 Å². The molecule has 1 atom stereocenters. The standard InChI is InChI=1S/C23H15ClF5NO2S/c1-12(22(31)32)8-15-10-17(19(24)11-30-15)21(18-9-14(25)4-7-20(18)26)33-16-5-2-13(3-6-16)23(27,28)29/h2-11,21H,1H3,(H,31,32). The summed E-state index contributed by atoms with van der Waals surface area (Å²) < 4.78 is 67.4. The van der Waals surface area contributed by atoms with Gasteiger partial charge in [-0.1, -0.05) is 11.6 Å². The van der Waals surface area contributed by atoms with E-state index >= 15 is 0 Å². The van der Waals surface area contributed by atoms with E-state index in [4.69, 9.17) is 16.7 Å². The molecule has 0 aliphatic heterocycles. The lowest BCUT2D eigenvalue weighted by molar-refractivity contribution is -0.137. The number of pyridine rings is 1. The van der Waals surface area contributed by atoms with E-state index in [0.717, 1.165) is 42.1 Å².